The first-order valence-electron chi connectivity index (χ1n) is 12.2. The van der Waals surface area contributed by atoms with Gasteiger partial charge in [0.1, 0.15) is 0 Å². The third-order valence-corrected chi connectivity index (χ3v) is 6.03. The number of nitrogens with zero attached hydrogens (tertiary/aromatic N) is 1. The van der Waals surface area contributed by atoms with Crippen molar-refractivity contribution < 1.29 is 0 Å². The van der Waals surface area contributed by atoms with Crippen LogP contribution in [-0.2, 0) is 0 Å². The van der Waals surface area contributed by atoms with E-state index in [1.807, 2.05) is 0 Å². The molecule has 0 unspecified atom stereocenters. The highest BCUT2D eigenvalue weighted by atomic mass is 15.1. The van der Waals surface area contributed by atoms with E-state index in [-0.39, 0.29) is 0 Å². The first-order chi connectivity index (χ1) is 12.4. The van der Waals surface area contributed by atoms with Crippen molar-refractivity contribution in [1.29, 1.82) is 0 Å². The summed E-state index contributed by atoms with van der Waals surface area (Å²) >= 11 is 0. The van der Waals surface area contributed by atoms with Crippen molar-refractivity contribution in [3.63, 3.8) is 0 Å². The molecule has 1 nitrogen and oxygen atoms in total. The Morgan fingerprint density at radius 2 is 0.800 bits per heavy atom. The maximum absolute atomic E-state index is 2.79. The number of hydrogen-bond acceptors (Lipinski definition) is 1. The van der Waals surface area contributed by atoms with Gasteiger partial charge >= 0.3 is 0 Å². The number of rotatable bonds is 12. The molecule has 1 aliphatic heterocycles. The highest BCUT2D eigenvalue weighted by Crippen LogP contribution is 2.14. The molecule has 0 N–H and O–H groups in total. The summed E-state index contributed by atoms with van der Waals surface area (Å²) in [5.74, 6) is 0. The molecule has 1 heterocycles. The van der Waals surface area contributed by atoms with Crippen LogP contribution in [0.2, 0.25) is 0 Å². The normalized spacial score (nSPS) is 18.6. The highest BCUT2D eigenvalue weighted by Gasteiger charge is 2.05. The lowest BCUT2D eigenvalue weighted by atomic mass is 10.0. The van der Waals surface area contributed by atoms with E-state index in [0.29, 0.717) is 0 Å². The van der Waals surface area contributed by atoms with Crippen LogP contribution in [0.3, 0.4) is 0 Å². The van der Waals surface area contributed by atoms with Crippen molar-refractivity contribution in [1.82, 2.24) is 4.90 Å². The summed E-state index contributed by atoms with van der Waals surface area (Å²) in [6.45, 7) is 6.42. The van der Waals surface area contributed by atoms with Crippen LogP contribution < -0.4 is 0 Å². The molecule has 1 heteroatoms. The van der Waals surface area contributed by atoms with E-state index in [0.717, 1.165) is 0 Å². The van der Waals surface area contributed by atoms with Gasteiger partial charge in [0.2, 0.25) is 0 Å². The van der Waals surface area contributed by atoms with Crippen LogP contribution in [0.25, 0.3) is 0 Å². The van der Waals surface area contributed by atoms with Crippen LogP contribution in [0.15, 0.2) is 0 Å². The summed E-state index contributed by atoms with van der Waals surface area (Å²) in [5, 5.41) is 0. The van der Waals surface area contributed by atoms with E-state index < -0.39 is 0 Å². The monoisotopic (exact) mass is 351 g/mol. The van der Waals surface area contributed by atoms with Gasteiger partial charge in [-0.05, 0) is 38.9 Å². The minimum absolute atomic E-state index is 1.37. The number of hydrogen-bond donors (Lipinski definition) is 0. The van der Waals surface area contributed by atoms with Gasteiger partial charge in [-0.3, -0.25) is 0 Å². The Morgan fingerprint density at radius 1 is 0.440 bits per heavy atom. The van der Waals surface area contributed by atoms with Gasteiger partial charge in [-0.15, -0.1) is 0 Å². The van der Waals surface area contributed by atoms with Crippen molar-refractivity contribution in [3.05, 3.63) is 0 Å². The molecular weight excluding hydrogens is 302 g/mol. The lowest BCUT2D eigenvalue weighted by molar-refractivity contribution is 0.252. The SMILES string of the molecule is CCCCCCCCCCCCCN1CCCCCCCCCCC1. The van der Waals surface area contributed by atoms with Crippen LogP contribution in [0.5, 0.6) is 0 Å². The molecule has 0 aliphatic carbocycles. The molecule has 0 radical (unpaired) electrons. The fraction of sp³-hybridized carbons (Fsp3) is 1.00. The molecule has 0 aromatic carbocycles. The molecule has 0 saturated carbocycles. The van der Waals surface area contributed by atoms with Gasteiger partial charge in [-0.25, -0.2) is 0 Å². The van der Waals surface area contributed by atoms with E-state index >= 15 is 0 Å². The van der Waals surface area contributed by atoms with Gasteiger partial charge < -0.3 is 4.90 Å². The Labute approximate surface area is 160 Å². The standard InChI is InChI=1S/C24H49N/c1-2-3-4-5-6-7-8-10-13-16-19-22-25-23-20-17-14-11-9-12-15-18-21-24-25/h2-24H2,1H3. The second-order valence-electron chi connectivity index (χ2n) is 8.56. The molecule has 150 valence electrons. The smallest absolute Gasteiger partial charge is 0.00187 e. The van der Waals surface area contributed by atoms with Gasteiger partial charge in [0.25, 0.3) is 0 Å². The van der Waals surface area contributed by atoms with Crippen LogP contribution >= 0.6 is 0 Å². The average Bonchev–Trinajstić information content (AvgIpc) is 2.61. The Morgan fingerprint density at radius 3 is 1.24 bits per heavy atom. The molecule has 0 atom stereocenters. The molecule has 1 aliphatic rings. The molecule has 1 rings (SSSR count). The maximum atomic E-state index is 2.79. The van der Waals surface area contributed by atoms with Gasteiger partial charge in [0.15, 0.2) is 0 Å². The fourth-order valence-corrected chi connectivity index (χ4v) is 4.24. The third-order valence-electron chi connectivity index (χ3n) is 6.03. The molecule has 0 amide bonds. The van der Waals surface area contributed by atoms with E-state index in [9.17, 15) is 0 Å². The van der Waals surface area contributed by atoms with Crippen molar-refractivity contribution in [3.8, 4) is 0 Å². The zero-order valence-corrected chi connectivity index (χ0v) is 17.7. The molecule has 0 spiro atoms. The Balaban J connectivity index is 1.93. The molecule has 1 fully saturated rings. The van der Waals surface area contributed by atoms with Crippen LogP contribution in [0.4, 0.5) is 0 Å². The lowest BCUT2D eigenvalue weighted by Crippen LogP contribution is -2.27. The Bertz CT molecular complexity index is 238. The van der Waals surface area contributed by atoms with E-state index in [4.69, 9.17) is 0 Å². The molecular formula is C24H49N. The summed E-state index contributed by atoms with van der Waals surface area (Å²) in [7, 11) is 0. The van der Waals surface area contributed by atoms with E-state index in [1.54, 1.807) is 0 Å². The maximum Gasteiger partial charge on any atom is -0.00187 e. The Kier molecular flexibility index (Phi) is 17.2. The summed E-state index contributed by atoms with van der Waals surface area (Å²) in [6, 6.07) is 0. The largest absolute Gasteiger partial charge is 0.303 e. The molecule has 0 bridgehead atoms. The van der Waals surface area contributed by atoms with Crippen molar-refractivity contribution in [2.75, 3.05) is 19.6 Å². The first-order valence-corrected chi connectivity index (χ1v) is 12.2. The van der Waals surface area contributed by atoms with Crippen molar-refractivity contribution >= 4 is 0 Å². The Hall–Kier alpha value is -0.0400. The van der Waals surface area contributed by atoms with Crippen LogP contribution in [-0.4, -0.2) is 24.5 Å². The predicted octanol–water partition coefficient (Wildman–Crippen LogP) is 8.12. The summed E-state index contributed by atoms with van der Waals surface area (Å²) < 4.78 is 0. The van der Waals surface area contributed by atoms with Crippen molar-refractivity contribution in [2.45, 2.75) is 135 Å². The minimum atomic E-state index is 1.37. The van der Waals surface area contributed by atoms with Gasteiger partial charge in [-0.1, -0.05) is 116 Å². The molecule has 0 aromatic rings. The average molecular weight is 352 g/mol. The second kappa shape index (κ2) is 18.7. The quantitative estimate of drug-likeness (QED) is 0.321. The lowest BCUT2D eigenvalue weighted by Gasteiger charge is -2.23. The van der Waals surface area contributed by atoms with Gasteiger partial charge in [-0.2, -0.15) is 0 Å². The molecule has 1 saturated heterocycles. The second-order valence-corrected chi connectivity index (χ2v) is 8.56. The van der Waals surface area contributed by atoms with Crippen LogP contribution in [0.1, 0.15) is 135 Å². The van der Waals surface area contributed by atoms with Crippen molar-refractivity contribution in [2.24, 2.45) is 0 Å². The van der Waals surface area contributed by atoms with E-state index in [1.165, 1.54) is 148 Å². The van der Waals surface area contributed by atoms with Crippen LogP contribution in [0, 0.1) is 0 Å². The predicted molar refractivity (Wildman–Crippen MR) is 114 cm³/mol. The minimum Gasteiger partial charge on any atom is -0.303 e. The summed E-state index contributed by atoms with van der Waals surface area (Å²) in [4.78, 5) is 2.79. The topological polar surface area (TPSA) is 3.24 Å². The zero-order chi connectivity index (χ0) is 17.8. The van der Waals surface area contributed by atoms with Gasteiger partial charge in [0, 0.05) is 0 Å². The first kappa shape index (κ1) is 23.0. The summed E-state index contributed by atoms with van der Waals surface area (Å²) in [5.41, 5.74) is 0. The van der Waals surface area contributed by atoms with Gasteiger partial charge in [0.05, 0.1) is 0 Å². The third kappa shape index (κ3) is 15.9. The highest BCUT2D eigenvalue weighted by molar-refractivity contribution is 4.61. The zero-order valence-electron chi connectivity index (χ0n) is 17.7. The summed E-state index contributed by atoms with van der Waals surface area (Å²) in [6.07, 6.45) is 29.3. The fourth-order valence-electron chi connectivity index (χ4n) is 4.24. The van der Waals surface area contributed by atoms with E-state index in [2.05, 4.69) is 11.8 Å². The number of unbranched alkanes of at least 4 members (excludes halogenated alkanes) is 10. The molecule has 25 heavy (non-hydrogen) atoms. The molecule has 0 aromatic heterocycles.